The maximum absolute atomic E-state index is 13.1. The third kappa shape index (κ3) is 6.95. The van der Waals surface area contributed by atoms with Gasteiger partial charge in [0, 0.05) is 26.2 Å². The normalized spacial score (nSPS) is 13.1. The van der Waals surface area contributed by atoms with Crippen LogP contribution in [0.3, 0.4) is 0 Å². The largest absolute Gasteiger partial charge is 0.497 e. The number of aromatic carboxylic acids is 1. The predicted octanol–water partition coefficient (Wildman–Crippen LogP) is 2.96. The minimum Gasteiger partial charge on any atom is -0.497 e. The van der Waals surface area contributed by atoms with E-state index in [0.29, 0.717) is 22.7 Å². The number of halogens is 3. The first-order chi connectivity index (χ1) is 19.0. The minimum absolute atomic E-state index is 0.159. The summed E-state index contributed by atoms with van der Waals surface area (Å²) in [5.74, 6) is -1.43. The lowest BCUT2D eigenvalue weighted by Crippen LogP contribution is -2.49. The standard InChI is InChI=1S/C17H15F3N4O3.C9H11NO3/c18-17(19,20)12-4-2-1-3-11(12)15(25)24-9-7-23(8-10-24)13-5-6-21-22-14(13)16(26)27;1-12-6-3-4-8(13-2)7(5-6)9(10)11/h1-6H,7-10H2,(H,26,27);3-5H,1-2H3,(H2,10,11). The van der Waals surface area contributed by atoms with Gasteiger partial charge in [-0.05, 0) is 36.4 Å². The van der Waals surface area contributed by atoms with E-state index in [1.807, 2.05) is 0 Å². The van der Waals surface area contributed by atoms with Gasteiger partial charge in [0.1, 0.15) is 11.5 Å². The SMILES string of the molecule is COc1ccc(OC)c(C(N)=O)c1.O=C(O)c1nnccc1N1CCN(C(=O)c2ccccc2C(F)(F)F)CC1. The number of carbonyl (C=O) groups excluding carboxylic acids is 2. The molecule has 0 spiro atoms. The summed E-state index contributed by atoms with van der Waals surface area (Å²) in [6, 6.07) is 11.1. The Balaban J connectivity index is 0.000000285. The van der Waals surface area contributed by atoms with E-state index in [0.717, 1.165) is 12.1 Å². The summed E-state index contributed by atoms with van der Waals surface area (Å²) in [7, 11) is 3.00. The fraction of sp³-hybridized carbons (Fsp3) is 0.269. The van der Waals surface area contributed by atoms with Gasteiger partial charge < -0.3 is 30.1 Å². The van der Waals surface area contributed by atoms with Crippen LogP contribution < -0.4 is 20.1 Å². The number of primary amides is 1. The molecular formula is C26H26F3N5O6. The Labute approximate surface area is 226 Å². The average Bonchev–Trinajstić information content (AvgIpc) is 2.96. The van der Waals surface area contributed by atoms with Crippen LogP contribution in [0.4, 0.5) is 18.9 Å². The third-order valence-electron chi connectivity index (χ3n) is 5.94. The van der Waals surface area contributed by atoms with E-state index in [4.69, 9.17) is 15.2 Å². The van der Waals surface area contributed by atoms with Crippen LogP contribution in [0, 0.1) is 0 Å². The van der Waals surface area contributed by atoms with Gasteiger partial charge in [0.2, 0.25) is 0 Å². The Morgan fingerprint density at radius 2 is 1.62 bits per heavy atom. The maximum Gasteiger partial charge on any atom is 0.417 e. The molecule has 1 aliphatic heterocycles. The molecule has 1 aliphatic rings. The number of alkyl halides is 3. The van der Waals surface area contributed by atoms with Gasteiger partial charge in [0.15, 0.2) is 5.69 Å². The van der Waals surface area contributed by atoms with E-state index < -0.39 is 35.1 Å². The summed E-state index contributed by atoms with van der Waals surface area (Å²) in [6.07, 6.45) is -3.26. The van der Waals surface area contributed by atoms with Crippen molar-refractivity contribution in [3.63, 3.8) is 0 Å². The quantitative estimate of drug-likeness (QED) is 0.463. The van der Waals surface area contributed by atoms with Crippen molar-refractivity contribution in [1.82, 2.24) is 15.1 Å². The van der Waals surface area contributed by atoms with Gasteiger partial charge in [0.25, 0.3) is 11.8 Å². The number of anilines is 1. The summed E-state index contributed by atoms with van der Waals surface area (Å²) in [6.45, 7) is 0.858. The van der Waals surface area contributed by atoms with Crippen LogP contribution in [0.2, 0.25) is 0 Å². The highest BCUT2D eigenvalue weighted by Crippen LogP contribution is 2.32. The topological polar surface area (TPSA) is 148 Å². The van der Waals surface area contributed by atoms with Gasteiger partial charge >= 0.3 is 12.1 Å². The summed E-state index contributed by atoms with van der Waals surface area (Å²) < 4.78 is 49.3. The summed E-state index contributed by atoms with van der Waals surface area (Å²) >= 11 is 0. The van der Waals surface area contributed by atoms with E-state index in [-0.39, 0.29) is 31.9 Å². The molecule has 1 saturated heterocycles. The molecule has 0 aliphatic carbocycles. The summed E-state index contributed by atoms with van der Waals surface area (Å²) in [5.41, 5.74) is 4.25. The van der Waals surface area contributed by atoms with E-state index >= 15 is 0 Å². The van der Waals surface area contributed by atoms with E-state index in [1.54, 1.807) is 23.1 Å². The van der Waals surface area contributed by atoms with Crippen molar-refractivity contribution in [3.8, 4) is 11.5 Å². The Morgan fingerprint density at radius 1 is 0.950 bits per heavy atom. The summed E-state index contributed by atoms with van der Waals surface area (Å²) in [5, 5.41) is 16.3. The molecule has 1 aromatic heterocycles. The number of amides is 2. The number of hydrogen-bond acceptors (Lipinski definition) is 8. The number of nitrogens with zero attached hydrogens (tertiary/aromatic N) is 4. The molecule has 2 aromatic carbocycles. The number of methoxy groups -OCH3 is 2. The zero-order valence-electron chi connectivity index (χ0n) is 21.5. The summed E-state index contributed by atoms with van der Waals surface area (Å²) in [4.78, 5) is 37.8. The van der Waals surface area contributed by atoms with Crippen molar-refractivity contribution in [2.45, 2.75) is 6.18 Å². The van der Waals surface area contributed by atoms with Crippen molar-refractivity contribution >= 4 is 23.5 Å². The molecule has 4 rings (SSSR count). The second-order valence-electron chi connectivity index (χ2n) is 8.32. The number of carboxylic acid groups (broad SMARTS) is 1. The zero-order chi connectivity index (χ0) is 29.4. The minimum atomic E-state index is -4.62. The molecule has 40 heavy (non-hydrogen) atoms. The van der Waals surface area contributed by atoms with Crippen LogP contribution in [-0.2, 0) is 6.18 Å². The molecule has 1 fully saturated rings. The molecular weight excluding hydrogens is 535 g/mol. The number of benzene rings is 2. The highest BCUT2D eigenvalue weighted by atomic mass is 19.4. The lowest BCUT2D eigenvalue weighted by molar-refractivity contribution is -0.138. The molecule has 0 radical (unpaired) electrons. The van der Waals surface area contributed by atoms with Crippen LogP contribution in [-0.4, -0.2) is 78.4 Å². The zero-order valence-corrected chi connectivity index (χ0v) is 21.5. The first-order valence-corrected chi connectivity index (χ1v) is 11.7. The molecule has 2 heterocycles. The smallest absolute Gasteiger partial charge is 0.417 e. The molecule has 3 aromatic rings. The van der Waals surface area contributed by atoms with Gasteiger partial charge in [0.05, 0.1) is 42.8 Å². The monoisotopic (exact) mass is 561 g/mol. The van der Waals surface area contributed by atoms with Crippen molar-refractivity contribution in [2.75, 3.05) is 45.3 Å². The molecule has 0 atom stereocenters. The number of nitrogens with two attached hydrogens (primary N) is 1. The molecule has 2 amide bonds. The van der Waals surface area contributed by atoms with E-state index in [1.165, 1.54) is 43.5 Å². The predicted molar refractivity (Wildman–Crippen MR) is 137 cm³/mol. The number of rotatable bonds is 6. The average molecular weight is 562 g/mol. The Bertz CT molecular complexity index is 1380. The fourth-order valence-electron chi connectivity index (χ4n) is 3.98. The molecule has 14 heteroatoms. The molecule has 11 nitrogen and oxygen atoms in total. The fourth-order valence-corrected chi connectivity index (χ4v) is 3.98. The second-order valence-corrected chi connectivity index (χ2v) is 8.32. The first-order valence-electron chi connectivity index (χ1n) is 11.7. The van der Waals surface area contributed by atoms with Crippen molar-refractivity contribution in [3.05, 3.63) is 77.1 Å². The highest BCUT2D eigenvalue weighted by Gasteiger charge is 2.36. The Kier molecular flexibility index (Phi) is 9.48. The lowest BCUT2D eigenvalue weighted by atomic mass is 10.1. The Morgan fingerprint density at radius 3 is 2.20 bits per heavy atom. The number of piperazine rings is 1. The van der Waals surface area contributed by atoms with Crippen LogP contribution in [0.25, 0.3) is 0 Å². The van der Waals surface area contributed by atoms with Gasteiger partial charge in [-0.25, -0.2) is 4.79 Å². The number of carbonyl (C=O) groups is 3. The van der Waals surface area contributed by atoms with E-state index in [9.17, 15) is 32.7 Å². The van der Waals surface area contributed by atoms with Gasteiger partial charge in [-0.1, -0.05) is 12.1 Å². The van der Waals surface area contributed by atoms with Gasteiger partial charge in [-0.3, -0.25) is 9.59 Å². The van der Waals surface area contributed by atoms with Crippen LogP contribution >= 0.6 is 0 Å². The Hall–Kier alpha value is -4.88. The second kappa shape index (κ2) is 12.8. The maximum atomic E-state index is 13.1. The molecule has 0 bridgehead atoms. The molecule has 0 unspecified atom stereocenters. The molecule has 0 saturated carbocycles. The van der Waals surface area contributed by atoms with Crippen LogP contribution in [0.15, 0.2) is 54.7 Å². The number of hydrogen-bond donors (Lipinski definition) is 2. The van der Waals surface area contributed by atoms with Gasteiger partial charge in [-0.2, -0.15) is 18.3 Å². The van der Waals surface area contributed by atoms with Gasteiger partial charge in [-0.15, -0.1) is 5.10 Å². The van der Waals surface area contributed by atoms with Crippen molar-refractivity contribution < 1.29 is 42.1 Å². The number of carboxylic acids is 1. The number of aromatic nitrogens is 2. The third-order valence-corrected chi connectivity index (χ3v) is 5.94. The number of ether oxygens (including phenoxy) is 2. The first kappa shape index (κ1) is 29.7. The van der Waals surface area contributed by atoms with Crippen LogP contribution in [0.1, 0.15) is 36.8 Å². The lowest BCUT2D eigenvalue weighted by Gasteiger charge is -2.36. The highest BCUT2D eigenvalue weighted by molar-refractivity contribution is 5.97. The van der Waals surface area contributed by atoms with Crippen molar-refractivity contribution in [2.24, 2.45) is 5.73 Å². The van der Waals surface area contributed by atoms with Crippen molar-refractivity contribution in [1.29, 1.82) is 0 Å². The van der Waals surface area contributed by atoms with Crippen LogP contribution in [0.5, 0.6) is 11.5 Å². The molecule has 3 N–H and O–H groups in total. The molecule has 212 valence electrons. The van der Waals surface area contributed by atoms with E-state index in [2.05, 4.69) is 10.2 Å².